The first-order valence-electron chi connectivity index (χ1n) is 6.19. The Kier molecular flexibility index (Phi) is 4.01. The van der Waals surface area contributed by atoms with Crippen molar-refractivity contribution in [2.75, 3.05) is 6.54 Å². The lowest BCUT2D eigenvalue weighted by Crippen LogP contribution is -2.49. The molecule has 1 fully saturated rings. The first-order valence-corrected chi connectivity index (χ1v) is 7.07. The van der Waals surface area contributed by atoms with E-state index in [1.807, 2.05) is 24.4 Å². The van der Waals surface area contributed by atoms with Crippen molar-refractivity contribution in [3.05, 3.63) is 22.4 Å². The van der Waals surface area contributed by atoms with E-state index in [4.69, 9.17) is 5.73 Å². The number of thiophene rings is 1. The van der Waals surface area contributed by atoms with E-state index >= 15 is 0 Å². The zero-order valence-electron chi connectivity index (χ0n) is 10.5. The third kappa shape index (κ3) is 2.90. The normalized spacial score (nSPS) is 23.9. The summed E-state index contributed by atoms with van der Waals surface area (Å²) < 4.78 is 0. The van der Waals surface area contributed by atoms with Gasteiger partial charge in [0.1, 0.15) is 0 Å². The Morgan fingerprint density at radius 2 is 2.28 bits per heavy atom. The molecular formula is C13H18N2O2S. The highest BCUT2D eigenvalue weighted by Gasteiger charge is 2.31. The summed E-state index contributed by atoms with van der Waals surface area (Å²) in [6.07, 6.45) is 2.07. The monoisotopic (exact) mass is 266 g/mol. The highest BCUT2D eigenvalue weighted by molar-refractivity contribution is 7.10. The molecule has 18 heavy (non-hydrogen) atoms. The van der Waals surface area contributed by atoms with E-state index in [1.54, 1.807) is 16.2 Å². The van der Waals surface area contributed by atoms with Gasteiger partial charge in [0.2, 0.25) is 11.8 Å². The first-order chi connectivity index (χ1) is 8.58. The average molecular weight is 266 g/mol. The number of primary amides is 1. The molecule has 5 heteroatoms. The van der Waals surface area contributed by atoms with Crippen LogP contribution in [0.5, 0.6) is 0 Å². The zero-order valence-corrected chi connectivity index (χ0v) is 11.3. The second-order valence-corrected chi connectivity index (χ2v) is 5.86. The van der Waals surface area contributed by atoms with Gasteiger partial charge in [-0.2, -0.15) is 0 Å². The highest BCUT2D eigenvalue weighted by Crippen LogP contribution is 2.23. The van der Waals surface area contributed by atoms with E-state index in [0.717, 1.165) is 17.7 Å². The SMILES string of the molecule is C[C@H]1CC[C@H](C(N)=O)CN1C(=O)Cc1cccs1. The molecule has 2 rings (SSSR count). The molecule has 1 aliphatic rings. The van der Waals surface area contributed by atoms with Crippen LogP contribution in [-0.2, 0) is 16.0 Å². The summed E-state index contributed by atoms with van der Waals surface area (Å²) in [5, 5.41) is 1.97. The van der Waals surface area contributed by atoms with E-state index in [2.05, 4.69) is 0 Å². The number of likely N-dealkylation sites (tertiary alicyclic amines) is 1. The van der Waals surface area contributed by atoms with E-state index in [9.17, 15) is 9.59 Å². The van der Waals surface area contributed by atoms with Crippen LogP contribution < -0.4 is 5.73 Å². The molecule has 0 bridgehead atoms. The van der Waals surface area contributed by atoms with Crippen molar-refractivity contribution in [1.29, 1.82) is 0 Å². The lowest BCUT2D eigenvalue weighted by molar-refractivity contribution is -0.136. The molecule has 1 aliphatic heterocycles. The van der Waals surface area contributed by atoms with Crippen LogP contribution in [0.3, 0.4) is 0 Å². The van der Waals surface area contributed by atoms with Crippen molar-refractivity contribution in [3.63, 3.8) is 0 Å². The van der Waals surface area contributed by atoms with E-state index < -0.39 is 0 Å². The number of amides is 2. The Balaban J connectivity index is 2.01. The van der Waals surface area contributed by atoms with Gasteiger partial charge >= 0.3 is 0 Å². The van der Waals surface area contributed by atoms with Crippen LogP contribution in [0.4, 0.5) is 0 Å². The Morgan fingerprint density at radius 1 is 1.50 bits per heavy atom. The van der Waals surface area contributed by atoms with Gasteiger partial charge in [-0.25, -0.2) is 0 Å². The summed E-state index contributed by atoms with van der Waals surface area (Å²) in [7, 11) is 0. The molecule has 2 atom stereocenters. The smallest absolute Gasteiger partial charge is 0.228 e. The van der Waals surface area contributed by atoms with Crippen molar-refractivity contribution in [2.45, 2.75) is 32.2 Å². The molecule has 0 radical (unpaired) electrons. The van der Waals surface area contributed by atoms with Crippen LogP contribution in [0.15, 0.2) is 17.5 Å². The van der Waals surface area contributed by atoms with Crippen molar-refractivity contribution in [1.82, 2.24) is 4.90 Å². The molecule has 2 N–H and O–H groups in total. The van der Waals surface area contributed by atoms with Crippen LogP contribution in [0.2, 0.25) is 0 Å². The number of piperidine rings is 1. The minimum absolute atomic E-state index is 0.0934. The predicted octanol–water partition coefficient (Wildman–Crippen LogP) is 1.40. The quantitative estimate of drug-likeness (QED) is 0.899. The molecule has 0 spiro atoms. The molecule has 2 amide bonds. The minimum atomic E-state index is -0.296. The van der Waals surface area contributed by atoms with Gasteiger partial charge in [-0.3, -0.25) is 9.59 Å². The first kappa shape index (κ1) is 13.1. The fourth-order valence-corrected chi connectivity index (χ4v) is 3.05. The number of nitrogens with two attached hydrogens (primary N) is 1. The maximum Gasteiger partial charge on any atom is 0.228 e. The van der Waals surface area contributed by atoms with Crippen molar-refractivity contribution in [3.8, 4) is 0 Å². The summed E-state index contributed by atoms with van der Waals surface area (Å²) in [4.78, 5) is 26.3. The van der Waals surface area contributed by atoms with Gasteiger partial charge in [0.25, 0.3) is 0 Å². The maximum absolute atomic E-state index is 12.2. The molecule has 0 unspecified atom stereocenters. The number of carbonyl (C=O) groups excluding carboxylic acids is 2. The second kappa shape index (κ2) is 5.52. The molecular weight excluding hydrogens is 248 g/mol. The fraction of sp³-hybridized carbons (Fsp3) is 0.538. The van der Waals surface area contributed by atoms with Gasteiger partial charge in [0.15, 0.2) is 0 Å². The number of hydrogen-bond acceptors (Lipinski definition) is 3. The summed E-state index contributed by atoms with van der Waals surface area (Å²) in [6, 6.07) is 4.11. The third-order valence-corrected chi connectivity index (χ3v) is 4.39. The molecule has 0 saturated carbocycles. The molecule has 2 heterocycles. The summed E-state index contributed by atoms with van der Waals surface area (Å²) in [6.45, 7) is 2.50. The Bertz CT molecular complexity index is 430. The molecule has 4 nitrogen and oxygen atoms in total. The number of hydrogen-bond donors (Lipinski definition) is 1. The van der Waals surface area contributed by atoms with Gasteiger partial charge in [-0.15, -0.1) is 11.3 Å². The van der Waals surface area contributed by atoms with Crippen LogP contribution >= 0.6 is 11.3 Å². The van der Waals surface area contributed by atoms with Crippen molar-refractivity contribution >= 4 is 23.2 Å². The predicted molar refractivity (Wildman–Crippen MR) is 71.1 cm³/mol. The summed E-state index contributed by atoms with van der Waals surface area (Å²) in [5.74, 6) is -0.389. The van der Waals surface area contributed by atoms with Crippen molar-refractivity contribution in [2.24, 2.45) is 11.7 Å². The van der Waals surface area contributed by atoms with Crippen molar-refractivity contribution < 1.29 is 9.59 Å². The van der Waals surface area contributed by atoms with E-state index in [1.165, 1.54) is 0 Å². The van der Waals surface area contributed by atoms with Crippen LogP contribution in [-0.4, -0.2) is 29.3 Å². The largest absolute Gasteiger partial charge is 0.369 e. The van der Waals surface area contributed by atoms with Gasteiger partial charge in [-0.05, 0) is 31.2 Å². The van der Waals surface area contributed by atoms with Crippen LogP contribution in [0, 0.1) is 5.92 Å². The third-order valence-electron chi connectivity index (χ3n) is 3.51. The standard InChI is InChI=1S/C13H18N2O2S/c1-9-4-5-10(13(14)17)8-15(9)12(16)7-11-3-2-6-18-11/h2-3,6,9-10H,4-5,7-8H2,1H3,(H2,14,17)/t9-,10-/m0/s1. The topological polar surface area (TPSA) is 63.4 Å². The Morgan fingerprint density at radius 3 is 2.89 bits per heavy atom. The lowest BCUT2D eigenvalue weighted by atomic mass is 9.92. The molecule has 1 saturated heterocycles. The number of carbonyl (C=O) groups is 2. The summed E-state index contributed by atoms with van der Waals surface area (Å²) in [5.41, 5.74) is 5.34. The lowest BCUT2D eigenvalue weighted by Gasteiger charge is -2.36. The molecule has 1 aromatic heterocycles. The van der Waals surface area contributed by atoms with Gasteiger partial charge < -0.3 is 10.6 Å². The summed E-state index contributed by atoms with van der Waals surface area (Å²) >= 11 is 1.58. The van der Waals surface area contributed by atoms with Gasteiger partial charge in [-0.1, -0.05) is 6.07 Å². The number of nitrogens with zero attached hydrogens (tertiary/aromatic N) is 1. The zero-order chi connectivity index (χ0) is 13.1. The van der Waals surface area contributed by atoms with Gasteiger partial charge in [0.05, 0.1) is 12.3 Å². The molecule has 0 aliphatic carbocycles. The molecule has 98 valence electrons. The van der Waals surface area contributed by atoms with E-state index in [-0.39, 0.29) is 23.8 Å². The molecule has 1 aromatic rings. The second-order valence-electron chi connectivity index (χ2n) is 4.83. The highest BCUT2D eigenvalue weighted by atomic mass is 32.1. The Hall–Kier alpha value is -1.36. The van der Waals surface area contributed by atoms with Crippen LogP contribution in [0.25, 0.3) is 0 Å². The Labute approximate surface area is 111 Å². The fourth-order valence-electron chi connectivity index (χ4n) is 2.35. The van der Waals surface area contributed by atoms with E-state index in [0.29, 0.717) is 13.0 Å². The average Bonchev–Trinajstić information content (AvgIpc) is 2.81. The van der Waals surface area contributed by atoms with Crippen LogP contribution in [0.1, 0.15) is 24.6 Å². The molecule has 0 aromatic carbocycles. The minimum Gasteiger partial charge on any atom is -0.369 e. The number of rotatable bonds is 3. The maximum atomic E-state index is 12.2. The van der Waals surface area contributed by atoms with Gasteiger partial charge in [0, 0.05) is 17.5 Å².